The van der Waals surface area contributed by atoms with Crippen molar-refractivity contribution in [3.8, 4) is 0 Å². The Hall–Kier alpha value is 0.350. The molecular formula is C10H16S. The van der Waals surface area contributed by atoms with Crippen molar-refractivity contribution in [2.24, 2.45) is 17.3 Å². The first-order valence-electron chi connectivity index (χ1n) is 4.73. The molecule has 4 fully saturated rings. The normalized spacial score (nSPS) is 63.0. The Kier molecular flexibility index (Phi) is 0.946. The Bertz CT molecular complexity index is 216. The minimum atomic E-state index is 0.689. The Morgan fingerprint density at radius 3 is 2.36 bits per heavy atom. The zero-order chi connectivity index (χ0) is 7.85. The van der Waals surface area contributed by atoms with E-state index in [0.717, 1.165) is 21.8 Å². The van der Waals surface area contributed by atoms with E-state index in [1.807, 2.05) is 0 Å². The summed E-state index contributed by atoms with van der Waals surface area (Å²) in [6, 6.07) is 0. The SMILES string of the molecule is CC1(C)C2CC3SC3(C)C1C2. The standard InChI is InChI=1S/C10H16S/c1-9(2)6-4-7(9)10(3)8(5-6)11-10/h6-8H,4-5H2,1-3H3. The smallest absolute Gasteiger partial charge is 0.0287 e. The highest BCUT2D eigenvalue weighted by atomic mass is 32.2. The van der Waals surface area contributed by atoms with Gasteiger partial charge in [0.15, 0.2) is 0 Å². The van der Waals surface area contributed by atoms with E-state index in [1.54, 1.807) is 0 Å². The van der Waals surface area contributed by atoms with E-state index in [-0.39, 0.29) is 0 Å². The lowest BCUT2D eigenvalue weighted by Crippen LogP contribution is -2.55. The van der Waals surface area contributed by atoms with Crippen LogP contribution in [0.3, 0.4) is 0 Å². The molecule has 0 spiro atoms. The highest BCUT2D eigenvalue weighted by Gasteiger charge is 2.71. The Morgan fingerprint density at radius 1 is 1.18 bits per heavy atom. The van der Waals surface area contributed by atoms with Crippen LogP contribution in [-0.4, -0.2) is 10.00 Å². The van der Waals surface area contributed by atoms with E-state index in [2.05, 4.69) is 32.5 Å². The predicted octanol–water partition coefficient (Wildman–Crippen LogP) is 2.93. The monoisotopic (exact) mass is 168 g/mol. The third kappa shape index (κ3) is 0.577. The van der Waals surface area contributed by atoms with Crippen molar-refractivity contribution >= 4 is 11.8 Å². The van der Waals surface area contributed by atoms with Crippen LogP contribution < -0.4 is 0 Å². The summed E-state index contributed by atoms with van der Waals surface area (Å²) in [6.45, 7) is 7.45. The van der Waals surface area contributed by atoms with Crippen LogP contribution in [0.4, 0.5) is 0 Å². The van der Waals surface area contributed by atoms with E-state index >= 15 is 0 Å². The summed E-state index contributed by atoms with van der Waals surface area (Å²) in [7, 11) is 0. The molecule has 3 saturated carbocycles. The van der Waals surface area contributed by atoms with Gasteiger partial charge in [0, 0.05) is 10.00 Å². The lowest BCUT2D eigenvalue weighted by molar-refractivity contribution is -0.0680. The van der Waals surface area contributed by atoms with E-state index in [0.29, 0.717) is 5.41 Å². The lowest BCUT2D eigenvalue weighted by atomic mass is 9.46. The second-order valence-corrected chi connectivity index (χ2v) is 7.02. The van der Waals surface area contributed by atoms with Crippen LogP contribution >= 0.6 is 11.8 Å². The predicted molar refractivity (Wildman–Crippen MR) is 49.8 cm³/mol. The molecule has 4 aliphatic rings. The molecular weight excluding hydrogens is 152 g/mol. The van der Waals surface area contributed by atoms with Gasteiger partial charge < -0.3 is 0 Å². The van der Waals surface area contributed by atoms with E-state index in [9.17, 15) is 0 Å². The maximum atomic E-state index is 2.49. The molecule has 62 valence electrons. The zero-order valence-electron chi connectivity index (χ0n) is 7.55. The van der Waals surface area contributed by atoms with E-state index < -0.39 is 0 Å². The van der Waals surface area contributed by atoms with Crippen LogP contribution in [0.2, 0.25) is 0 Å². The number of rotatable bonds is 0. The largest absolute Gasteiger partial charge is 0.149 e. The fourth-order valence-corrected chi connectivity index (χ4v) is 5.21. The van der Waals surface area contributed by atoms with Gasteiger partial charge in [0.05, 0.1) is 0 Å². The van der Waals surface area contributed by atoms with Gasteiger partial charge in [-0.3, -0.25) is 0 Å². The summed E-state index contributed by atoms with van der Waals surface area (Å²) in [4.78, 5) is 0. The van der Waals surface area contributed by atoms with Gasteiger partial charge in [-0.15, -0.1) is 11.8 Å². The van der Waals surface area contributed by atoms with Crippen LogP contribution in [0.25, 0.3) is 0 Å². The topological polar surface area (TPSA) is 0 Å². The summed E-state index contributed by atoms with van der Waals surface area (Å²) in [5, 5.41) is 1.05. The van der Waals surface area contributed by atoms with E-state index in [4.69, 9.17) is 0 Å². The average molecular weight is 168 g/mol. The summed E-state index contributed by atoms with van der Waals surface area (Å²) in [5.41, 5.74) is 0.689. The van der Waals surface area contributed by atoms with Gasteiger partial charge in [0.25, 0.3) is 0 Å². The van der Waals surface area contributed by atoms with Crippen molar-refractivity contribution in [1.82, 2.24) is 0 Å². The van der Waals surface area contributed by atoms with Gasteiger partial charge in [0.1, 0.15) is 0 Å². The molecule has 0 nitrogen and oxygen atoms in total. The third-order valence-electron chi connectivity index (χ3n) is 4.64. The number of hydrogen-bond acceptors (Lipinski definition) is 1. The van der Waals surface area contributed by atoms with Gasteiger partial charge in [-0.2, -0.15) is 0 Å². The Labute approximate surface area is 73.1 Å². The van der Waals surface area contributed by atoms with Crippen LogP contribution in [0.15, 0.2) is 0 Å². The number of thioether (sulfide) groups is 1. The quantitative estimate of drug-likeness (QED) is 0.501. The highest BCUT2D eigenvalue weighted by Crippen LogP contribution is 2.76. The molecule has 2 bridgehead atoms. The summed E-state index contributed by atoms with van der Waals surface area (Å²) in [6.07, 6.45) is 3.05. The summed E-state index contributed by atoms with van der Waals surface area (Å²) >= 11 is 2.25. The van der Waals surface area contributed by atoms with Gasteiger partial charge in [-0.25, -0.2) is 0 Å². The maximum absolute atomic E-state index is 2.49. The zero-order valence-corrected chi connectivity index (χ0v) is 8.37. The maximum Gasteiger partial charge on any atom is 0.0287 e. The molecule has 4 atom stereocenters. The summed E-state index contributed by atoms with van der Waals surface area (Å²) < 4.78 is 0.720. The molecule has 0 aromatic heterocycles. The van der Waals surface area contributed by atoms with Crippen LogP contribution in [0.1, 0.15) is 33.6 Å². The van der Waals surface area contributed by atoms with Crippen LogP contribution in [-0.2, 0) is 0 Å². The van der Waals surface area contributed by atoms with Crippen molar-refractivity contribution in [1.29, 1.82) is 0 Å². The molecule has 0 aromatic rings. The molecule has 0 amide bonds. The highest BCUT2D eigenvalue weighted by molar-refractivity contribution is 8.08. The molecule has 0 aromatic carbocycles. The Balaban J connectivity index is 1.98. The second-order valence-electron chi connectivity index (χ2n) is 5.33. The molecule has 1 aliphatic heterocycles. The van der Waals surface area contributed by atoms with Crippen LogP contribution in [0, 0.1) is 17.3 Å². The molecule has 4 rings (SSSR count). The first-order valence-corrected chi connectivity index (χ1v) is 5.61. The first kappa shape index (κ1) is 6.82. The molecule has 1 heteroatoms. The van der Waals surface area contributed by atoms with Crippen LogP contribution in [0.5, 0.6) is 0 Å². The van der Waals surface area contributed by atoms with Crippen molar-refractivity contribution in [2.75, 3.05) is 0 Å². The van der Waals surface area contributed by atoms with Gasteiger partial charge in [-0.1, -0.05) is 13.8 Å². The molecule has 4 unspecified atom stereocenters. The molecule has 0 N–H and O–H groups in total. The molecule has 3 aliphatic carbocycles. The second kappa shape index (κ2) is 1.53. The minimum absolute atomic E-state index is 0.689. The molecule has 0 radical (unpaired) electrons. The van der Waals surface area contributed by atoms with Crippen molar-refractivity contribution < 1.29 is 0 Å². The fourth-order valence-electron chi connectivity index (χ4n) is 3.51. The Morgan fingerprint density at radius 2 is 1.91 bits per heavy atom. The summed E-state index contributed by atoms with van der Waals surface area (Å²) in [5.74, 6) is 2.12. The van der Waals surface area contributed by atoms with Crippen molar-refractivity contribution in [3.63, 3.8) is 0 Å². The lowest BCUT2D eigenvalue weighted by Gasteiger charge is -2.58. The van der Waals surface area contributed by atoms with Crippen molar-refractivity contribution in [3.05, 3.63) is 0 Å². The first-order chi connectivity index (χ1) is 5.05. The molecule has 11 heavy (non-hydrogen) atoms. The van der Waals surface area contributed by atoms with Crippen molar-refractivity contribution in [2.45, 2.75) is 43.6 Å². The minimum Gasteiger partial charge on any atom is -0.149 e. The average Bonchev–Trinajstić information content (AvgIpc) is 2.58. The fraction of sp³-hybridized carbons (Fsp3) is 1.00. The van der Waals surface area contributed by atoms with Gasteiger partial charge in [0.2, 0.25) is 0 Å². The number of hydrogen-bond donors (Lipinski definition) is 0. The van der Waals surface area contributed by atoms with Gasteiger partial charge >= 0.3 is 0 Å². The van der Waals surface area contributed by atoms with E-state index in [1.165, 1.54) is 12.8 Å². The third-order valence-corrected chi connectivity index (χ3v) is 6.43. The van der Waals surface area contributed by atoms with Gasteiger partial charge in [-0.05, 0) is 37.0 Å². The molecule has 1 saturated heterocycles. The molecule has 1 heterocycles.